The summed E-state index contributed by atoms with van der Waals surface area (Å²) in [6.45, 7) is 2.94. The maximum atomic E-state index is 12.8. The van der Waals surface area contributed by atoms with Gasteiger partial charge in [0.2, 0.25) is 0 Å². The summed E-state index contributed by atoms with van der Waals surface area (Å²) in [4.78, 5) is 16.5. The highest BCUT2D eigenvalue weighted by Crippen LogP contribution is 2.17. The molecule has 168 valence electrons. The van der Waals surface area contributed by atoms with Gasteiger partial charge in [0, 0.05) is 5.69 Å². The summed E-state index contributed by atoms with van der Waals surface area (Å²) in [5.74, 6) is 0.434. The number of unbranched alkanes of at least 4 members (excludes halogenated alkanes) is 8. The van der Waals surface area contributed by atoms with Gasteiger partial charge in [-0.25, -0.2) is 9.18 Å². The van der Waals surface area contributed by atoms with Crippen LogP contribution in [-0.2, 0) is 4.84 Å². The van der Waals surface area contributed by atoms with E-state index in [2.05, 4.69) is 17.4 Å². The minimum Gasteiger partial charge on any atom is -0.494 e. The van der Waals surface area contributed by atoms with Gasteiger partial charge in [-0.1, -0.05) is 75.6 Å². The Morgan fingerprint density at radius 1 is 0.903 bits per heavy atom. The maximum Gasteiger partial charge on any atom is 0.437 e. The van der Waals surface area contributed by atoms with Crippen molar-refractivity contribution in [2.75, 3.05) is 11.9 Å². The molecular weight excluding hydrogens is 395 g/mol. The first-order valence-electron chi connectivity index (χ1n) is 11.2. The Balaban J connectivity index is 1.56. The molecule has 0 aliphatic carbocycles. The lowest BCUT2D eigenvalue weighted by molar-refractivity contribution is 0.167. The molecule has 0 heterocycles. The molecule has 0 saturated carbocycles. The molecular formula is C25H33FN2O3. The number of anilines is 1. The number of hydrogen-bond acceptors (Lipinski definition) is 4. The molecule has 0 atom stereocenters. The largest absolute Gasteiger partial charge is 0.494 e. The van der Waals surface area contributed by atoms with E-state index < -0.39 is 6.09 Å². The van der Waals surface area contributed by atoms with Crippen molar-refractivity contribution in [3.05, 3.63) is 59.9 Å². The van der Waals surface area contributed by atoms with Crippen LogP contribution in [0.15, 0.2) is 53.7 Å². The zero-order valence-electron chi connectivity index (χ0n) is 18.3. The Labute approximate surface area is 184 Å². The molecule has 1 N–H and O–H groups in total. The highest BCUT2D eigenvalue weighted by molar-refractivity contribution is 5.85. The molecule has 31 heavy (non-hydrogen) atoms. The number of benzene rings is 2. The van der Waals surface area contributed by atoms with E-state index in [-0.39, 0.29) is 5.82 Å². The van der Waals surface area contributed by atoms with Crippen LogP contribution in [0.4, 0.5) is 14.9 Å². The van der Waals surface area contributed by atoms with Crippen molar-refractivity contribution < 1.29 is 18.8 Å². The van der Waals surface area contributed by atoms with Crippen LogP contribution in [0.3, 0.4) is 0 Å². The third-order valence-electron chi connectivity index (χ3n) is 4.82. The molecule has 2 aromatic carbocycles. The summed E-state index contributed by atoms with van der Waals surface area (Å²) in [5, 5.41) is 6.17. The quantitative estimate of drug-likeness (QED) is 0.148. The number of rotatable bonds is 14. The van der Waals surface area contributed by atoms with Gasteiger partial charge in [0.15, 0.2) is 0 Å². The normalized spacial score (nSPS) is 10.9. The van der Waals surface area contributed by atoms with E-state index in [0.29, 0.717) is 17.9 Å². The van der Waals surface area contributed by atoms with Crippen LogP contribution in [0.1, 0.15) is 70.3 Å². The van der Waals surface area contributed by atoms with Gasteiger partial charge in [-0.2, -0.15) is 0 Å². The second-order valence-corrected chi connectivity index (χ2v) is 7.49. The van der Waals surface area contributed by atoms with Crippen molar-refractivity contribution in [2.24, 2.45) is 5.16 Å². The molecule has 0 aliphatic rings. The van der Waals surface area contributed by atoms with Crippen LogP contribution in [0.5, 0.6) is 5.75 Å². The minimum atomic E-state index is -0.707. The lowest BCUT2D eigenvalue weighted by atomic mass is 10.1. The van der Waals surface area contributed by atoms with Crippen LogP contribution in [0, 0.1) is 5.82 Å². The van der Waals surface area contributed by atoms with Crippen molar-refractivity contribution >= 4 is 18.0 Å². The van der Waals surface area contributed by atoms with Crippen LogP contribution < -0.4 is 10.1 Å². The average Bonchev–Trinajstić information content (AvgIpc) is 2.77. The first kappa shape index (κ1) is 24.4. The number of ether oxygens (including phenoxy) is 1. The first-order valence-corrected chi connectivity index (χ1v) is 11.2. The molecule has 0 radical (unpaired) electrons. The summed E-state index contributed by atoms with van der Waals surface area (Å²) in [6.07, 6.45) is 12.2. The zero-order valence-corrected chi connectivity index (χ0v) is 18.3. The van der Waals surface area contributed by atoms with E-state index >= 15 is 0 Å². The second kappa shape index (κ2) is 15.0. The summed E-state index contributed by atoms with van der Waals surface area (Å²) >= 11 is 0. The Morgan fingerprint density at radius 3 is 2.16 bits per heavy atom. The van der Waals surface area contributed by atoms with Gasteiger partial charge in [0.1, 0.15) is 11.6 Å². The molecule has 0 aliphatic heterocycles. The number of hydrogen-bond donors (Lipinski definition) is 1. The molecule has 1 amide bonds. The number of nitrogens with one attached hydrogen (secondary N) is 1. The number of halogens is 1. The number of amides is 1. The lowest BCUT2D eigenvalue weighted by Gasteiger charge is -2.08. The summed E-state index contributed by atoms with van der Waals surface area (Å²) in [7, 11) is 0. The minimum absolute atomic E-state index is 0.337. The maximum absolute atomic E-state index is 12.8. The van der Waals surface area contributed by atoms with Crippen molar-refractivity contribution in [3.8, 4) is 5.75 Å². The topological polar surface area (TPSA) is 59.9 Å². The zero-order chi connectivity index (χ0) is 22.2. The molecule has 6 heteroatoms. The monoisotopic (exact) mass is 428 g/mol. The standard InChI is InChI=1S/C25H33FN2O3/c1-2-3-4-5-6-7-8-9-10-19-30-24-17-15-23(16-18-24)28-25(29)31-27-20-21-11-13-22(26)14-12-21/h11-18,20H,2-10,19H2,1H3,(H,28,29)/b27-20+. The number of carbonyl (C=O) groups excluding carboxylic acids is 1. The van der Waals surface area contributed by atoms with Crippen LogP contribution in [0.2, 0.25) is 0 Å². The molecule has 0 saturated heterocycles. The Bertz CT molecular complexity index is 776. The molecule has 0 fully saturated rings. The summed E-state index contributed by atoms with van der Waals surface area (Å²) in [6, 6.07) is 12.8. The smallest absolute Gasteiger partial charge is 0.437 e. The highest BCUT2D eigenvalue weighted by atomic mass is 19.1. The fourth-order valence-corrected chi connectivity index (χ4v) is 3.06. The highest BCUT2D eigenvalue weighted by Gasteiger charge is 2.03. The van der Waals surface area contributed by atoms with E-state index in [4.69, 9.17) is 9.57 Å². The second-order valence-electron chi connectivity index (χ2n) is 7.49. The van der Waals surface area contributed by atoms with Gasteiger partial charge in [-0.15, -0.1) is 0 Å². The van der Waals surface area contributed by atoms with Crippen molar-refractivity contribution in [1.29, 1.82) is 0 Å². The van der Waals surface area contributed by atoms with E-state index in [1.165, 1.54) is 81.8 Å². The average molecular weight is 429 g/mol. The van der Waals surface area contributed by atoms with Crippen molar-refractivity contribution in [3.63, 3.8) is 0 Å². The molecule has 0 unspecified atom stereocenters. The van der Waals surface area contributed by atoms with E-state index in [1.807, 2.05) is 12.1 Å². The first-order chi connectivity index (χ1) is 15.2. The van der Waals surface area contributed by atoms with Crippen molar-refractivity contribution in [2.45, 2.75) is 64.7 Å². The fourth-order valence-electron chi connectivity index (χ4n) is 3.06. The molecule has 2 aromatic rings. The van der Waals surface area contributed by atoms with Gasteiger partial charge < -0.3 is 4.74 Å². The molecule has 5 nitrogen and oxygen atoms in total. The fraction of sp³-hybridized carbons (Fsp3) is 0.440. The molecule has 0 aromatic heterocycles. The van der Waals surface area contributed by atoms with Crippen LogP contribution in [-0.4, -0.2) is 18.9 Å². The number of carbonyl (C=O) groups is 1. The van der Waals surface area contributed by atoms with Crippen LogP contribution >= 0.6 is 0 Å². The lowest BCUT2D eigenvalue weighted by Crippen LogP contribution is -2.10. The van der Waals surface area contributed by atoms with E-state index in [9.17, 15) is 9.18 Å². The van der Waals surface area contributed by atoms with E-state index in [0.717, 1.165) is 12.2 Å². The number of nitrogens with zero attached hydrogens (tertiary/aromatic N) is 1. The van der Waals surface area contributed by atoms with Gasteiger partial charge in [0.25, 0.3) is 0 Å². The molecule has 2 rings (SSSR count). The van der Waals surface area contributed by atoms with Gasteiger partial charge in [-0.05, 0) is 48.4 Å². The summed E-state index contributed by atoms with van der Waals surface area (Å²) < 4.78 is 18.6. The Hall–Kier alpha value is -2.89. The third kappa shape index (κ3) is 11.2. The SMILES string of the molecule is CCCCCCCCCCCOc1ccc(NC(=O)O/N=C/c2ccc(F)cc2)cc1. The Morgan fingerprint density at radius 2 is 1.52 bits per heavy atom. The third-order valence-corrected chi connectivity index (χ3v) is 4.82. The van der Waals surface area contributed by atoms with E-state index in [1.54, 1.807) is 12.1 Å². The van der Waals surface area contributed by atoms with Gasteiger partial charge in [-0.3, -0.25) is 10.2 Å². The molecule has 0 bridgehead atoms. The summed E-state index contributed by atoms with van der Waals surface area (Å²) in [5.41, 5.74) is 1.21. The Kier molecular flexibility index (Phi) is 11.8. The predicted octanol–water partition coefficient (Wildman–Crippen LogP) is 7.32. The van der Waals surface area contributed by atoms with Crippen molar-refractivity contribution in [1.82, 2.24) is 0 Å². The number of oxime groups is 1. The van der Waals surface area contributed by atoms with Gasteiger partial charge in [0.05, 0.1) is 12.8 Å². The van der Waals surface area contributed by atoms with Gasteiger partial charge >= 0.3 is 6.09 Å². The van der Waals surface area contributed by atoms with Crippen LogP contribution in [0.25, 0.3) is 0 Å². The predicted molar refractivity (Wildman–Crippen MR) is 123 cm³/mol. The molecule has 0 spiro atoms.